The van der Waals surface area contributed by atoms with Crippen LogP contribution in [-0.4, -0.2) is 25.6 Å². The van der Waals surface area contributed by atoms with Gasteiger partial charge in [0, 0.05) is 6.07 Å². The Morgan fingerprint density at radius 2 is 2.14 bits per heavy atom. The minimum Gasteiger partial charge on any atom is -0.496 e. The molecule has 0 aliphatic carbocycles. The molecular weight excluding hydrogens is 326 g/mol. The number of carbonyl (C=O) groups is 2. The molecule has 0 aliphatic rings. The van der Waals surface area contributed by atoms with Gasteiger partial charge in [0.05, 0.1) is 29.3 Å². The van der Waals surface area contributed by atoms with Crippen LogP contribution in [0.1, 0.15) is 27.0 Å². The molecule has 0 atom stereocenters. The molecule has 0 fully saturated rings. The molecule has 1 amide bonds. The van der Waals surface area contributed by atoms with E-state index in [0.29, 0.717) is 10.6 Å². The number of ether oxygens (including phenoxy) is 2. The molecule has 0 spiro atoms. The normalized spacial score (nSPS) is 10.1. The van der Waals surface area contributed by atoms with Gasteiger partial charge >= 0.3 is 5.97 Å². The zero-order valence-electron chi connectivity index (χ0n) is 12.0. The number of esters is 1. The summed E-state index contributed by atoms with van der Waals surface area (Å²) in [5, 5.41) is 4.73. The van der Waals surface area contributed by atoms with E-state index in [1.54, 1.807) is 24.4 Å². The fourth-order valence-electron chi connectivity index (χ4n) is 1.78. The molecule has 22 heavy (non-hydrogen) atoms. The zero-order valence-corrected chi connectivity index (χ0v) is 13.6. The van der Waals surface area contributed by atoms with Crippen LogP contribution in [0.15, 0.2) is 29.6 Å². The van der Waals surface area contributed by atoms with Crippen molar-refractivity contribution in [3.63, 3.8) is 0 Å². The van der Waals surface area contributed by atoms with Crippen LogP contribution in [-0.2, 0) is 4.74 Å². The number of benzene rings is 1. The van der Waals surface area contributed by atoms with Crippen LogP contribution in [0.3, 0.4) is 0 Å². The summed E-state index contributed by atoms with van der Waals surface area (Å²) in [5.74, 6) is -0.524. The van der Waals surface area contributed by atoms with Crippen molar-refractivity contribution in [3.05, 3.63) is 45.1 Å². The first-order valence-corrected chi connectivity index (χ1v) is 7.72. The number of rotatable bonds is 5. The lowest BCUT2D eigenvalue weighted by Crippen LogP contribution is -2.12. The topological polar surface area (TPSA) is 64.6 Å². The number of carbonyl (C=O) groups excluding carboxylic acids is 2. The first kappa shape index (κ1) is 16.3. The first-order chi connectivity index (χ1) is 10.6. The molecule has 1 aromatic carbocycles. The van der Waals surface area contributed by atoms with Crippen molar-refractivity contribution in [2.75, 3.05) is 19.0 Å². The molecule has 1 N–H and O–H groups in total. The lowest BCUT2D eigenvalue weighted by molar-refractivity contribution is 0.0522. The first-order valence-electron chi connectivity index (χ1n) is 6.46. The summed E-state index contributed by atoms with van der Waals surface area (Å²) in [4.78, 5) is 24.5. The summed E-state index contributed by atoms with van der Waals surface area (Å²) in [7, 11) is 1.43. The molecule has 1 heterocycles. The quantitative estimate of drug-likeness (QED) is 0.840. The number of amides is 1. The Kier molecular flexibility index (Phi) is 5.41. The molecule has 0 bridgehead atoms. The van der Waals surface area contributed by atoms with E-state index in [0.717, 1.165) is 0 Å². The Labute approximate surface area is 136 Å². The van der Waals surface area contributed by atoms with E-state index in [4.69, 9.17) is 21.1 Å². The Morgan fingerprint density at radius 1 is 1.36 bits per heavy atom. The molecule has 5 nitrogen and oxygen atoms in total. The molecule has 2 rings (SSSR count). The highest BCUT2D eigenvalue weighted by atomic mass is 35.5. The van der Waals surface area contributed by atoms with Gasteiger partial charge in [-0.15, -0.1) is 11.3 Å². The van der Waals surface area contributed by atoms with Crippen LogP contribution >= 0.6 is 22.9 Å². The fraction of sp³-hybridized carbons (Fsp3) is 0.200. The van der Waals surface area contributed by atoms with Gasteiger partial charge < -0.3 is 14.8 Å². The van der Waals surface area contributed by atoms with Gasteiger partial charge in [-0.2, -0.15) is 0 Å². The second kappa shape index (κ2) is 7.29. The second-order valence-corrected chi connectivity index (χ2v) is 5.54. The van der Waals surface area contributed by atoms with Crippen LogP contribution in [0, 0.1) is 0 Å². The maximum Gasteiger partial charge on any atom is 0.341 e. The monoisotopic (exact) mass is 339 g/mol. The van der Waals surface area contributed by atoms with Gasteiger partial charge in [-0.1, -0.05) is 17.7 Å². The van der Waals surface area contributed by atoms with Gasteiger partial charge in [-0.3, -0.25) is 4.79 Å². The summed E-state index contributed by atoms with van der Waals surface area (Å²) in [5.41, 5.74) is 0.577. The molecule has 116 valence electrons. The minimum atomic E-state index is -0.530. The number of nitrogens with one attached hydrogen (secondary N) is 1. The standard InChI is InChI=1S/C15H14ClNO4S/c1-3-21-15(19)9-7-10(16)11(8-12(9)20-2)17-14(18)13-5-4-6-22-13/h4-8H,3H2,1-2H3,(H,17,18). The summed E-state index contributed by atoms with van der Waals surface area (Å²) in [6, 6.07) is 6.41. The lowest BCUT2D eigenvalue weighted by Gasteiger charge is -2.12. The smallest absolute Gasteiger partial charge is 0.341 e. The SMILES string of the molecule is CCOC(=O)c1cc(Cl)c(NC(=O)c2cccs2)cc1OC. The van der Waals surface area contributed by atoms with Crippen molar-refractivity contribution < 1.29 is 19.1 Å². The predicted octanol–water partition coefficient (Wildman–Crippen LogP) is 3.84. The maximum absolute atomic E-state index is 12.1. The minimum absolute atomic E-state index is 0.212. The molecular formula is C15H14ClNO4S. The largest absolute Gasteiger partial charge is 0.496 e. The van der Waals surface area contributed by atoms with Crippen molar-refractivity contribution in [2.24, 2.45) is 0 Å². The number of methoxy groups -OCH3 is 1. The van der Waals surface area contributed by atoms with Crippen molar-refractivity contribution in [2.45, 2.75) is 6.92 Å². The number of anilines is 1. The third-order valence-electron chi connectivity index (χ3n) is 2.78. The molecule has 0 aliphatic heterocycles. The van der Waals surface area contributed by atoms with Gasteiger partial charge in [0.15, 0.2) is 0 Å². The van der Waals surface area contributed by atoms with E-state index < -0.39 is 5.97 Å². The highest BCUT2D eigenvalue weighted by Gasteiger charge is 2.18. The van der Waals surface area contributed by atoms with E-state index in [1.807, 2.05) is 0 Å². The zero-order chi connectivity index (χ0) is 16.1. The average Bonchev–Trinajstić information content (AvgIpc) is 3.03. The number of thiophene rings is 1. The van der Waals surface area contributed by atoms with Gasteiger partial charge in [-0.25, -0.2) is 4.79 Å². The highest BCUT2D eigenvalue weighted by Crippen LogP contribution is 2.32. The van der Waals surface area contributed by atoms with Gasteiger partial charge in [0.1, 0.15) is 11.3 Å². The van der Waals surface area contributed by atoms with Crippen molar-refractivity contribution >= 4 is 40.5 Å². The summed E-state index contributed by atoms with van der Waals surface area (Å²) >= 11 is 7.45. The Bertz CT molecular complexity index is 685. The Morgan fingerprint density at radius 3 is 2.73 bits per heavy atom. The van der Waals surface area contributed by atoms with Crippen LogP contribution in [0.5, 0.6) is 5.75 Å². The molecule has 0 radical (unpaired) electrons. The van der Waals surface area contributed by atoms with Crippen LogP contribution in [0.25, 0.3) is 0 Å². The van der Waals surface area contributed by atoms with Crippen molar-refractivity contribution in [3.8, 4) is 5.75 Å². The van der Waals surface area contributed by atoms with E-state index in [-0.39, 0.29) is 28.8 Å². The maximum atomic E-state index is 12.1. The van der Waals surface area contributed by atoms with E-state index >= 15 is 0 Å². The summed E-state index contributed by atoms with van der Waals surface area (Å²) < 4.78 is 10.1. The van der Waals surface area contributed by atoms with Crippen LogP contribution < -0.4 is 10.1 Å². The fourth-order valence-corrected chi connectivity index (χ4v) is 2.61. The van der Waals surface area contributed by atoms with Crippen molar-refractivity contribution in [1.29, 1.82) is 0 Å². The Balaban J connectivity index is 2.30. The number of hydrogen-bond donors (Lipinski definition) is 1. The second-order valence-electron chi connectivity index (χ2n) is 4.18. The van der Waals surface area contributed by atoms with Crippen LogP contribution in [0.4, 0.5) is 5.69 Å². The third kappa shape index (κ3) is 3.58. The lowest BCUT2D eigenvalue weighted by atomic mass is 10.1. The van der Waals surface area contributed by atoms with E-state index in [1.165, 1.54) is 30.6 Å². The van der Waals surface area contributed by atoms with Crippen LogP contribution in [0.2, 0.25) is 5.02 Å². The average molecular weight is 340 g/mol. The van der Waals surface area contributed by atoms with Gasteiger partial charge in [-0.05, 0) is 24.4 Å². The highest BCUT2D eigenvalue weighted by molar-refractivity contribution is 7.12. The molecule has 2 aromatic rings. The molecule has 0 saturated heterocycles. The van der Waals surface area contributed by atoms with Gasteiger partial charge in [0.25, 0.3) is 5.91 Å². The Hall–Kier alpha value is -2.05. The molecule has 0 saturated carbocycles. The molecule has 1 aromatic heterocycles. The third-order valence-corrected chi connectivity index (χ3v) is 3.96. The molecule has 7 heteroatoms. The van der Waals surface area contributed by atoms with Gasteiger partial charge in [0.2, 0.25) is 0 Å². The molecule has 0 unspecified atom stereocenters. The number of hydrogen-bond acceptors (Lipinski definition) is 5. The predicted molar refractivity (Wildman–Crippen MR) is 86.2 cm³/mol. The van der Waals surface area contributed by atoms with E-state index in [9.17, 15) is 9.59 Å². The van der Waals surface area contributed by atoms with Crippen molar-refractivity contribution in [1.82, 2.24) is 0 Å². The van der Waals surface area contributed by atoms with E-state index in [2.05, 4.69) is 5.32 Å². The number of halogens is 1. The summed E-state index contributed by atoms with van der Waals surface area (Å²) in [6.45, 7) is 1.96. The summed E-state index contributed by atoms with van der Waals surface area (Å²) in [6.07, 6.45) is 0.